The zero-order chi connectivity index (χ0) is 35.0. The van der Waals surface area contributed by atoms with Gasteiger partial charge in [0.25, 0.3) is 17.1 Å². The summed E-state index contributed by atoms with van der Waals surface area (Å²) in [6, 6.07) is 16.3. The monoisotopic (exact) mass is 686 g/mol. The highest BCUT2D eigenvalue weighted by Gasteiger charge is 2.44. The number of hydrogen-bond donors (Lipinski definition) is 3. The Kier molecular flexibility index (Phi) is 11.5. The van der Waals surface area contributed by atoms with Crippen LogP contribution in [0.5, 0.6) is 5.75 Å². The van der Waals surface area contributed by atoms with Gasteiger partial charge in [0, 0.05) is 42.6 Å². The van der Waals surface area contributed by atoms with E-state index in [-0.39, 0.29) is 31.6 Å². The predicted molar refractivity (Wildman–Crippen MR) is 181 cm³/mol. The summed E-state index contributed by atoms with van der Waals surface area (Å²) in [5.41, 5.74) is 3.28. The number of aliphatic hydroxyl groups excluding tert-OH is 1. The largest absolute Gasteiger partial charge is 0.493 e. The number of carbonyl (C=O) groups is 5. The van der Waals surface area contributed by atoms with Crippen LogP contribution in [0.1, 0.15) is 59.4 Å². The summed E-state index contributed by atoms with van der Waals surface area (Å²) >= 11 is 0.742. The molecule has 0 bridgehead atoms. The quantitative estimate of drug-likeness (QED) is 0.189. The van der Waals surface area contributed by atoms with E-state index in [1.807, 2.05) is 19.2 Å². The fourth-order valence-corrected chi connectivity index (χ4v) is 6.11. The summed E-state index contributed by atoms with van der Waals surface area (Å²) in [5, 5.41) is 20.6. The number of hydrogen-bond acceptors (Lipinski definition) is 11. The molecule has 0 spiro atoms. The fourth-order valence-electron chi connectivity index (χ4n) is 5.09. The number of pyridine rings is 1. The first-order valence-electron chi connectivity index (χ1n) is 16.1. The average molecular weight is 687 g/mol. The Morgan fingerprint density at radius 3 is 2.37 bits per heavy atom. The molecule has 13 nitrogen and oxygen atoms in total. The number of nitrogens with one attached hydrogen (secondary N) is 2. The highest BCUT2D eigenvalue weighted by molar-refractivity contribution is 8.15. The Balaban J connectivity index is 1.16. The van der Waals surface area contributed by atoms with Gasteiger partial charge in [0.05, 0.1) is 18.3 Å². The lowest BCUT2D eigenvalue weighted by Gasteiger charge is -2.20. The minimum atomic E-state index is -1.38. The van der Waals surface area contributed by atoms with Crippen LogP contribution in [-0.2, 0) is 39.3 Å². The van der Waals surface area contributed by atoms with Crippen molar-refractivity contribution in [2.24, 2.45) is 10.2 Å². The number of ether oxygens (including phenoxy) is 1. The smallest absolute Gasteiger partial charge is 0.295 e. The van der Waals surface area contributed by atoms with Crippen LogP contribution in [0.2, 0.25) is 0 Å². The molecule has 0 saturated carbocycles. The standard InChI is InChI=1S/C35H38N6O7S/c1-3-22-5-12-26(37-21-22)15-18-48-27-13-6-23(7-14-27)19-29-33(46)41(34(47)49-29)30(43)20-28(32(45)36-16-4-17-42)38-31(44)24-8-10-25(11-9-24)35(2)39-40-35/h5-14,21,28-29,42H,3-4,15-20H2,1-2H3,(H,36,45)(H,38,44)/t28-,29?/m1/s1. The molecule has 1 aromatic heterocycles. The Morgan fingerprint density at radius 2 is 1.73 bits per heavy atom. The molecule has 256 valence electrons. The maximum Gasteiger partial charge on any atom is 0.295 e. The molecule has 2 aliphatic rings. The van der Waals surface area contributed by atoms with E-state index in [1.54, 1.807) is 48.5 Å². The van der Waals surface area contributed by atoms with Gasteiger partial charge in [-0.05, 0) is 67.6 Å². The zero-order valence-electron chi connectivity index (χ0n) is 27.3. The number of rotatable bonds is 16. The van der Waals surface area contributed by atoms with E-state index in [2.05, 4.69) is 38.8 Å². The van der Waals surface area contributed by atoms with Crippen molar-refractivity contribution in [3.63, 3.8) is 0 Å². The van der Waals surface area contributed by atoms with Crippen LogP contribution in [0.3, 0.4) is 0 Å². The number of aromatic nitrogens is 1. The van der Waals surface area contributed by atoms with Crippen molar-refractivity contribution in [2.75, 3.05) is 19.8 Å². The molecule has 3 N–H and O–H groups in total. The number of aliphatic hydroxyl groups is 1. The predicted octanol–water partition coefficient (Wildman–Crippen LogP) is 3.72. The van der Waals surface area contributed by atoms with Crippen LogP contribution < -0.4 is 15.4 Å². The summed E-state index contributed by atoms with van der Waals surface area (Å²) < 4.78 is 5.84. The van der Waals surface area contributed by atoms with Crippen LogP contribution in [0.25, 0.3) is 0 Å². The summed E-state index contributed by atoms with van der Waals surface area (Å²) in [4.78, 5) is 70.5. The van der Waals surface area contributed by atoms with Crippen LogP contribution in [0.15, 0.2) is 77.1 Å². The molecule has 14 heteroatoms. The SMILES string of the molecule is CCc1ccc(CCOc2ccc(CC3SC(=O)N(C(=O)C[C@@H](NC(=O)c4ccc(C5(C)N=N5)cc4)C(=O)NCCCO)C3=O)cc2)nc1. The molecule has 3 aromatic rings. The Hall–Kier alpha value is -4.95. The van der Waals surface area contributed by atoms with E-state index in [0.717, 1.165) is 35.0 Å². The van der Waals surface area contributed by atoms with Gasteiger partial charge < -0.3 is 20.5 Å². The number of aryl methyl sites for hydroxylation is 1. The summed E-state index contributed by atoms with van der Waals surface area (Å²) in [6.45, 7) is 4.28. The molecular formula is C35H38N6O7S. The summed E-state index contributed by atoms with van der Waals surface area (Å²) in [6.07, 6.45) is 3.28. The van der Waals surface area contributed by atoms with Crippen molar-refractivity contribution in [2.45, 2.75) is 62.9 Å². The van der Waals surface area contributed by atoms with Gasteiger partial charge in [-0.15, -0.1) is 0 Å². The summed E-state index contributed by atoms with van der Waals surface area (Å²) in [7, 11) is 0. The first-order valence-corrected chi connectivity index (χ1v) is 16.9. The van der Waals surface area contributed by atoms with Gasteiger partial charge in [-0.2, -0.15) is 10.2 Å². The Labute approximate surface area is 287 Å². The van der Waals surface area contributed by atoms with E-state index >= 15 is 0 Å². The Morgan fingerprint density at radius 1 is 1.02 bits per heavy atom. The molecule has 1 fully saturated rings. The van der Waals surface area contributed by atoms with Gasteiger partial charge in [-0.25, -0.2) is 4.90 Å². The second kappa shape index (κ2) is 16.0. The van der Waals surface area contributed by atoms with Crippen molar-refractivity contribution < 1.29 is 33.8 Å². The van der Waals surface area contributed by atoms with Crippen molar-refractivity contribution in [1.82, 2.24) is 20.5 Å². The van der Waals surface area contributed by atoms with Gasteiger partial charge in [-0.3, -0.25) is 29.0 Å². The molecule has 49 heavy (non-hydrogen) atoms. The normalized spacial score (nSPS) is 16.7. The minimum absolute atomic E-state index is 0.101. The first kappa shape index (κ1) is 35.4. The molecule has 2 aliphatic heterocycles. The maximum absolute atomic E-state index is 13.3. The minimum Gasteiger partial charge on any atom is -0.493 e. The third kappa shape index (κ3) is 9.15. The average Bonchev–Trinajstić information content (AvgIpc) is 3.80. The van der Waals surface area contributed by atoms with Crippen LogP contribution in [0.4, 0.5) is 4.79 Å². The molecule has 2 aromatic carbocycles. The number of amides is 5. The van der Waals surface area contributed by atoms with Crippen molar-refractivity contribution in [3.8, 4) is 5.75 Å². The first-order chi connectivity index (χ1) is 23.6. The number of imide groups is 3. The van der Waals surface area contributed by atoms with Crippen molar-refractivity contribution in [3.05, 3.63) is 94.8 Å². The molecule has 0 radical (unpaired) electrons. The van der Waals surface area contributed by atoms with Gasteiger partial charge in [0.2, 0.25) is 17.5 Å². The van der Waals surface area contributed by atoms with E-state index in [4.69, 9.17) is 9.84 Å². The lowest BCUT2D eigenvalue weighted by atomic mass is 10.0. The molecule has 2 atom stereocenters. The molecule has 1 saturated heterocycles. The van der Waals surface area contributed by atoms with E-state index in [9.17, 15) is 24.0 Å². The van der Waals surface area contributed by atoms with Gasteiger partial charge >= 0.3 is 0 Å². The lowest BCUT2D eigenvalue weighted by Crippen LogP contribution is -2.50. The second-order valence-corrected chi connectivity index (χ2v) is 12.9. The van der Waals surface area contributed by atoms with E-state index in [0.29, 0.717) is 23.7 Å². The topological polar surface area (TPSA) is 180 Å². The maximum atomic E-state index is 13.3. The van der Waals surface area contributed by atoms with Gasteiger partial charge in [-0.1, -0.05) is 49.0 Å². The van der Waals surface area contributed by atoms with Crippen molar-refractivity contribution >= 4 is 40.6 Å². The third-order valence-corrected chi connectivity index (χ3v) is 9.20. The number of nitrogens with zero attached hydrogens (tertiary/aromatic N) is 4. The van der Waals surface area contributed by atoms with Crippen LogP contribution in [0, 0.1) is 0 Å². The number of carbonyl (C=O) groups excluding carboxylic acids is 5. The molecule has 5 amide bonds. The van der Waals surface area contributed by atoms with Gasteiger partial charge in [0.1, 0.15) is 11.8 Å². The second-order valence-electron chi connectivity index (χ2n) is 11.8. The Bertz CT molecular complexity index is 1710. The molecule has 3 heterocycles. The molecule has 1 unspecified atom stereocenters. The third-order valence-electron chi connectivity index (χ3n) is 8.17. The highest BCUT2D eigenvalue weighted by atomic mass is 32.2. The van der Waals surface area contributed by atoms with Crippen LogP contribution >= 0.6 is 11.8 Å². The molecule has 5 rings (SSSR count). The van der Waals surface area contributed by atoms with E-state index in [1.165, 1.54) is 5.56 Å². The fraction of sp³-hybridized carbons (Fsp3) is 0.371. The molecular weight excluding hydrogens is 648 g/mol. The summed E-state index contributed by atoms with van der Waals surface area (Å²) in [5.74, 6) is -2.26. The lowest BCUT2D eigenvalue weighted by molar-refractivity contribution is -0.141. The zero-order valence-corrected chi connectivity index (χ0v) is 28.1. The molecule has 0 aliphatic carbocycles. The van der Waals surface area contributed by atoms with Gasteiger partial charge in [0.15, 0.2) is 0 Å². The number of benzene rings is 2. The number of thioether (sulfide) groups is 1. The highest BCUT2D eigenvalue weighted by Crippen LogP contribution is 2.38. The van der Waals surface area contributed by atoms with E-state index < -0.39 is 52.2 Å². The van der Waals surface area contributed by atoms with Crippen LogP contribution in [-0.4, -0.2) is 74.9 Å². The van der Waals surface area contributed by atoms with Crippen molar-refractivity contribution in [1.29, 1.82) is 0 Å².